The predicted octanol–water partition coefficient (Wildman–Crippen LogP) is 5.83. The average Bonchev–Trinajstić information content (AvgIpc) is 2.84. The first-order valence-corrected chi connectivity index (χ1v) is 12.0. The molecule has 1 aliphatic heterocycles. The molecule has 3 aromatic rings. The van der Waals surface area contributed by atoms with Crippen LogP contribution in [0.15, 0.2) is 54.1 Å². The highest BCUT2D eigenvalue weighted by Gasteiger charge is 2.37. The fraction of sp³-hybridized carbons (Fsp3) is 0.207. The minimum absolute atomic E-state index is 0.207. The number of anilines is 1. The standard InChI is InChI=1S/C29H27ClN2O5/c1-16-6-9-24(19(4)10-16)32-28(34)22(27(33)31-29(32)35)12-21-13-23(30)26(25(14-21)36-5)37-15-20-8-7-17(2)18(3)11-20/h6-14H,15H2,1-5H3,(H,31,33,35)/b22-12+. The molecule has 4 amide bonds. The van der Waals surface area contributed by atoms with Crippen molar-refractivity contribution in [3.05, 3.63) is 92.5 Å². The van der Waals surface area contributed by atoms with Gasteiger partial charge in [-0.2, -0.15) is 0 Å². The maximum absolute atomic E-state index is 13.3. The first kappa shape index (κ1) is 26.0. The molecular weight excluding hydrogens is 492 g/mol. The summed E-state index contributed by atoms with van der Waals surface area (Å²) in [5.41, 5.74) is 5.67. The Kier molecular flexibility index (Phi) is 7.36. The van der Waals surface area contributed by atoms with Crippen LogP contribution < -0.4 is 19.7 Å². The smallest absolute Gasteiger partial charge is 0.335 e. The number of ether oxygens (including phenoxy) is 2. The fourth-order valence-electron chi connectivity index (χ4n) is 4.11. The molecule has 4 rings (SSSR count). The topological polar surface area (TPSA) is 84.9 Å². The summed E-state index contributed by atoms with van der Waals surface area (Å²) in [5, 5.41) is 2.49. The van der Waals surface area contributed by atoms with E-state index in [1.54, 1.807) is 31.2 Å². The number of amides is 4. The van der Waals surface area contributed by atoms with Gasteiger partial charge in [0.05, 0.1) is 17.8 Å². The molecule has 0 radical (unpaired) electrons. The van der Waals surface area contributed by atoms with Crippen molar-refractivity contribution < 1.29 is 23.9 Å². The normalized spacial score (nSPS) is 14.7. The molecule has 1 aliphatic rings. The van der Waals surface area contributed by atoms with Gasteiger partial charge < -0.3 is 9.47 Å². The Bertz CT molecular complexity index is 1460. The van der Waals surface area contributed by atoms with Gasteiger partial charge in [-0.15, -0.1) is 0 Å². The van der Waals surface area contributed by atoms with Crippen molar-refractivity contribution in [2.45, 2.75) is 34.3 Å². The number of halogens is 1. The second-order valence-corrected chi connectivity index (χ2v) is 9.40. The van der Waals surface area contributed by atoms with Crippen LogP contribution in [0.25, 0.3) is 6.08 Å². The Morgan fingerprint density at radius 1 is 0.919 bits per heavy atom. The lowest BCUT2D eigenvalue weighted by Gasteiger charge is -2.27. The molecule has 1 fully saturated rings. The molecule has 0 spiro atoms. The second kappa shape index (κ2) is 10.5. The monoisotopic (exact) mass is 518 g/mol. The van der Waals surface area contributed by atoms with Crippen molar-refractivity contribution in [3.8, 4) is 11.5 Å². The van der Waals surface area contributed by atoms with Gasteiger partial charge in [-0.3, -0.25) is 14.9 Å². The number of aryl methyl sites for hydroxylation is 4. The summed E-state index contributed by atoms with van der Waals surface area (Å²) in [6.07, 6.45) is 1.38. The molecule has 1 heterocycles. The number of barbiturate groups is 1. The fourth-order valence-corrected chi connectivity index (χ4v) is 4.38. The minimum Gasteiger partial charge on any atom is -0.493 e. The molecule has 0 saturated carbocycles. The largest absolute Gasteiger partial charge is 0.493 e. The van der Waals surface area contributed by atoms with Gasteiger partial charge in [-0.25, -0.2) is 9.69 Å². The van der Waals surface area contributed by atoms with Crippen LogP contribution >= 0.6 is 11.6 Å². The van der Waals surface area contributed by atoms with E-state index in [1.807, 2.05) is 45.0 Å². The molecule has 3 aromatic carbocycles. The van der Waals surface area contributed by atoms with Gasteiger partial charge in [0.1, 0.15) is 12.2 Å². The third-order valence-electron chi connectivity index (χ3n) is 6.21. The van der Waals surface area contributed by atoms with Crippen LogP contribution in [0.2, 0.25) is 5.02 Å². The summed E-state index contributed by atoms with van der Waals surface area (Å²) in [5.74, 6) is -0.836. The van der Waals surface area contributed by atoms with Gasteiger partial charge in [0, 0.05) is 0 Å². The molecule has 0 bridgehead atoms. The summed E-state index contributed by atoms with van der Waals surface area (Å²) < 4.78 is 11.4. The molecule has 7 nitrogen and oxygen atoms in total. The van der Waals surface area contributed by atoms with Crippen molar-refractivity contribution in [3.63, 3.8) is 0 Å². The first-order chi connectivity index (χ1) is 17.6. The van der Waals surface area contributed by atoms with Crippen LogP contribution in [0.5, 0.6) is 11.5 Å². The number of carbonyl (C=O) groups is 3. The van der Waals surface area contributed by atoms with Crippen molar-refractivity contribution in [1.29, 1.82) is 0 Å². The highest BCUT2D eigenvalue weighted by atomic mass is 35.5. The Morgan fingerprint density at radius 2 is 1.68 bits per heavy atom. The lowest BCUT2D eigenvalue weighted by Crippen LogP contribution is -2.54. The number of hydrogen-bond acceptors (Lipinski definition) is 5. The van der Waals surface area contributed by atoms with Crippen LogP contribution in [-0.2, 0) is 16.2 Å². The van der Waals surface area contributed by atoms with E-state index in [2.05, 4.69) is 5.32 Å². The van der Waals surface area contributed by atoms with Crippen LogP contribution in [0.3, 0.4) is 0 Å². The Labute approximate surface area is 220 Å². The van der Waals surface area contributed by atoms with Crippen molar-refractivity contribution in [2.24, 2.45) is 0 Å². The van der Waals surface area contributed by atoms with E-state index in [0.717, 1.165) is 27.2 Å². The average molecular weight is 519 g/mol. The maximum atomic E-state index is 13.3. The molecule has 37 heavy (non-hydrogen) atoms. The van der Waals surface area contributed by atoms with E-state index in [9.17, 15) is 14.4 Å². The third kappa shape index (κ3) is 5.37. The van der Waals surface area contributed by atoms with E-state index in [4.69, 9.17) is 21.1 Å². The van der Waals surface area contributed by atoms with E-state index < -0.39 is 17.8 Å². The number of benzene rings is 3. The molecule has 8 heteroatoms. The number of rotatable bonds is 6. The molecule has 0 unspecified atom stereocenters. The maximum Gasteiger partial charge on any atom is 0.335 e. The van der Waals surface area contributed by atoms with E-state index >= 15 is 0 Å². The van der Waals surface area contributed by atoms with Crippen LogP contribution in [0.4, 0.5) is 10.5 Å². The number of methoxy groups -OCH3 is 1. The van der Waals surface area contributed by atoms with E-state index in [0.29, 0.717) is 22.7 Å². The van der Waals surface area contributed by atoms with Crippen molar-refractivity contribution in [2.75, 3.05) is 12.0 Å². The highest BCUT2D eigenvalue weighted by molar-refractivity contribution is 6.39. The Morgan fingerprint density at radius 3 is 2.35 bits per heavy atom. The SMILES string of the molecule is COc1cc(/C=C2\C(=O)NC(=O)N(c3ccc(C)cc3C)C2=O)cc(Cl)c1OCc1ccc(C)c(C)c1. The summed E-state index contributed by atoms with van der Waals surface area (Å²) >= 11 is 6.53. The van der Waals surface area contributed by atoms with Crippen molar-refractivity contribution >= 4 is 41.2 Å². The van der Waals surface area contributed by atoms with Crippen molar-refractivity contribution in [1.82, 2.24) is 5.32 Å². The molecular formula is C29H27ClN2O5. The number of carbonyl (C=O) groups excluding carboxylic acids is 3. The number of imide groups is 2. The van der Waals surface area contributed by atoms with Gasteiger partial charge in [-0.1, -0.05) is 47.5 Å². The molecule has 0 aliphatic carbocycles. The van der Waals surface area contributed by atoms with Crippen LogP contribution in [0, 0.1) is 27.7 Å². The van der Waals surface area contributed by atoms with Crippen LogP contribution in [0.1, 0.15) is 33.4 Å². The summed E-state index contributed by atoms with van der Waals surface area (Å²) in [7, 11) is 1.48. The summed E-state index contributed by atoms with van der Waals surface area (Å²) in [6.45, 7) is 8.07. The number of nitrogens with zero attached hydrogens (tertiary/aromatic N) is 1. The molecule has 1 saturated heterocycles. The van der Waals surface area contributed by atoms with E-state index in [-0.39, 0.29) is 17.2 Å². The lowest BCUT2D eigenvalue weighted by molar-refractivity contribution is -0.122. The number of nitrogens with one attached hydrogen (secondary N) is 1. The number of hydrogen-bond donors (Lipinski definition) is 1. The zero-order chi connectivity index (χ0) is 26.9. The van der Waals surface area contributed by atoms with Gasteiger partial charge in [0.2, 0.25) is 0 Å². The first-order valence-electron chi connectivity index (χ1n) is 11.6. The summed E-state index contributed by atoms with van der Waals surface area (Å²) in [4.78, 5) is 39.4. The van der Waals surface area contributed by atoms with Gasteiger partial charge in [-0.05, 0) is 79.8 Å². The zero-order valence-corrected chi connectivity index (χ0v) is 22.0. The van der Waals surface area contributed by atoms with E-state index in [1.165, 1.54) is 18.7 Å². The van der Waals surface area contributed by atoms with Gasteiger partial charge in [0.25, 0.3) is 11.8 Å². The summed E-state index contributed by atoms with van der Waals surface area (Å²) in [6, 6.07) is 13.8. The molecule has 0 aromatic heterocycles. The lowest BCUT2D eigenvalue weighted by atomic mass is 10.0. The van der Waals surface area contributed by atoms with Gasteiger partial charge in [0.15, 0.2) is 11.5 Å². The molecule has 0 atom stereocenters. The zero-order valence-electron chi connectivity index (χ0n) is 21.3. The molecule has 190 valence electrons. The quantitative estimate of drug-likeness (QED) is 0.328. The Balaban J connectivity index is 1.65. The minimum atomic E-state index is -0.801. The predicted molar refractivity (Wildman–Crippen MR) is 143 cm³/mol. The van der Waals surface area contributed by atoms with Gasteiger partial charge >= 0.3 is 6.03 Å². The highest BCUT2D eigenvalue weighted by Crippen LogP contribution is 2.38. The van der Waals surface area contributed by atoms with Crippen LogP contribution in [-0.4, -0.2) is 25.0 Å². The number of urea groups is 1. The third-order valence-corrected chi connectivity index (χ3v) is 6.49. The Hall–Kier alpha value is -4.10. The second-order valence-electron chi connectivity index (χ2n) is 8.99. The molecule has 1 N–H and O–H groups in total.